The van der Waals surface area contributed by atoms with E-state index in [1.54, 1.807) is 29.3 Å². The monoisotopic (exact) mass is 451 g/mol. The number of rotatable bonds is 4. The SMILES string of the molecule is N#CC1(Cc2ccc(C(F)(F)F)cn2)CCN(C(=O)c2ccccc2-c2ccncn2)CC1. The van der Waals surface area contributed by atoms with Gasteiger partial charge in [0.25, 0.3) is 5.91 Å². The van der Waals surface area contributed by atoms with Crippen LogP contribution >= 0.6 is 0 Å². The van der Waals surface area contributed by atoms with Crippen LogP contribution in [-0.2, 0) is 12.6 Å². The molecule has 1 aliphatic heterocycles. The van der Waals surface area contributed by atoms with Crippen molar-refractivity contribution in [2.45, 2.75) is 25.4 Å². The summed E-state index contributed by atoms with van der Waals surface area (Å²) in [7, 11) is 0. The van der Waals surface area contributed by atoms with E-state index < -0.39 is 17.2 Å². The first kappa shape index (κ1) is 22.4. The normalized spacial score (nSPS) is 15.6. The molecule has 4 rings (SSSR count). The Hall–Kier alpha value is -3.80. The van der Waals surface area contributed by atoms with E-state index in [9.17, 15) is 23.2 Å². The minimum absolute atomic E-state index is 0.150. The summed E-state index contributed by atoms with van der Waals surface area (Å²) in [4.78, 5) is 27.0. The van der Waals surface area contributed by atoms with Crippen LogP contribution in [0, 0.1) is 16.7 Å². The number of halogens is 3. The molecule has 0 saturated carbocycles. The fourth-order valence-corrected chi connectivity index (χ4v) is 4.02. The quantitative estimate of drug-likeness (QED) is 0.581. The first-order chi connectivity index (χ1) is 15.8. The van der Waals surface area contributed by atoms with Gasteiger partial charge in [0.15, 0.2) is 0 Å². The molecule has 0 bridgehead atoms. The molecule has 9 heteroatoms. The molecule has 1 saturated heterocycles. The maximum Gasteiger partial charge on any atom is 0.417 e. The lowest BCUT2D eigenvalue weighted by molar-refractivity contribution is -0.137. The molecule has 3 heterocycles. The molecule has 0 radical (unpaired) electrons. The summed E-state index contributed by atoms with van der Waals surface area (Å²) in [6.07, 6.45) is 0.437. The Labute approximate surface area is 188 Å². The Morgan fingerprint density at radius 1 is 1.09 bits per heavy atom. The second kappa shape index (κ2) is 8.98. The van der Waals surface area contributed by atoms with Crippen molar-refractivity contribution >= 4 is 5.91 Å². The van der Waals surface area contributed by atoms with Crippen molar-refractivity contribution in [3.63, 3.8) is 0 Å². The molecule has 2 aromatic heterocycles. The molecule has 6 nitrogen and oxygen atoms in total. The van der Waals surface area contributed by atoms with Crippen molar-refractivity contribution in [2.24, 2.45) is 5.41 Å². The molecule has 1 aliphatic rings. The number of amides is 1. The van der Waals surface area contributed by atoms with Gasteiger partial charge < -0.3 is 4.90 Å². The van der Waals surface area contributed by atoms with Crippen LogP contribution in [0.25, 0.3) is 11.3 Å². The number of hydrogen-bond acceptors (Lipinski definition) is 5. The van der Waals surface area contributed by atoms with Gasteiger partial charge in [0.1, 0.15) is 6.33 Å². The maximum absolute atomic E-state index is 13.3. The molecule has 1 aromatic carbocycles. The number of nitrogens with zero attached hydrogens (tertiary/aromatic N) is 5. The Morgan fingerprint density at radius 2 is 1.85 bits per heavy atom. The summed E-state index contributed by atoms with van der Waals surface area (Å²) >= 11 is 0. The van der Waals surface area contributed by atoms with Crippen LogP contribution in [-0.4, -0.2) is 38.8 Å². The lowest BCUT2D eigenvalue weighted by Crippen LogP contribution is -2.43. The summed E-state index contributed by atoms with van der Waals surface area (Å²) < 4.78 is 38.3. The average Bonchev–Trinajstić information content (AvgIpc) is 2.84. The predicted molar refractivity (Wildman–Crippen MR) is 114 cm³/mol. The number of carbonyl (C=O) groups is 1. The lowest BCUT2D eigenvalue weighted by atomic mass is 9.76. The van der Waals surface area contributed by atoms with E-state index in [-0.39, 0.29) is 12.3 Å². The summed E-state index contributed by atoms with van der Waals surface area (Å²) in [6.45, 7) is 0.732. The van der Waals surface area contributed by atoms with Crippen LogP contribution in [0.3, 0.4) is 0 Å². The van der Waals surface area contributed by atoms with Crippen LogP contribution in [0.5, 0.6) is 0 Å². The summed E-state index contributed by atoms with van der Waals surface area (Å²) in [6, 6.07) is 13.6. The van der Waals surface area contributed by atoms with E-state index >= 15 is 0 Å². The molecule has 0 atom stereocenters. The number of likely N-dealkylation sites (tertiary alicyclic amines) is 1. The summed E-state index contributed by atoms with van der Waals surface area (Å²) in [5.41, 5.74) is 0.695. The average molecular weight is 451 g/mol. The van der Waals surface area contributed by atoms with Crippen LogP contribution < -0.4 is 0 Å². The minimum atomic E-state index is -4.45. The van der Waals surface area contributed by atoms with E-state index in [1.807, 2.05) is 12.1 Å². The Kier molecular flexibility index (Phi) is 6.09. The van der Waals surface area contributed by atoms with Crippen molar-refractivity contribution in [2.75, 3.05) is 13.1 Å². The highest BCUT2D eigenvalue weighted by molar-refractivity contribution is 6.00. The first-order valence-corrected chi connectivity index (χ1v) is 10.4. The molecule has 1 fully saturated rings. The Bertz CT molecular complexity index is 1170. The van der Waals surface area contributed by atoms with Gasteiger partial charge >= 0.3 is 6.18 Å². The van der Waals surface area contributed by atoms with Gasteiger partial charge in [-0.1, -0.05) is 18.2 Å². The highest BCUT2D eigenvalue weighted by Crippen LogP contribution is 2.36. The topological polar surface area (TPSA) is 82.8 Å². The van der Waals surface area contributed by atoms with Gasteiger partial charge in [-0.25, -0.2) is 9.97 Å². The number of aromatic nitrogens is 3. The largest absolute Gasteiger partial charge is 0.417 e. The molecule has 0 aliphatic carbocycles. The van der Waals surface area contributed by atoms with Crippen LogP contribution in [0.4, 0.5) is 13.2 Å². The van der Waals surface area contributed by atoms with E-state index in [2.05, 4.69) is 21.0 Å². The van der Waals surface area contributed by atoms with Gasteiger partial charge in [0.2, 0.25) is 0 Å². The van der Waals surface area contributed by atoms with Crippen molar-refractivity contribution in [3.05, 3.63) is 78.0 Å². The number of pyridine rings is 1. The third kappa shape index (κ3) is 4.85. The zero-order valence-electron chi connectivity index (χ0n) is 17.6. The predicted octanol–water partition coefficient (Wildman–Crippen LogP) is 4.55. The van der Waals surface area contributed by atoms with Gasteiger partial charge in [-0.3, -0.25) is 9.78 Å². The van der Waals surface area contributed by atoms with E-state index in [0.717, 1.165) is 12.3 Å². The van der Waals surface area contributed by atoms with Crippen LogP contribution in [0.1, 0.15) is 34.5 Å². The number of piperidine rings is 1. The van der Waals surface area contributed by atoms with Crippen molar-refractivity contribution in [1.82, 2.24) is 19.9 Å². The molecule has 0 N–H and O–H groups in total. The number of hydrogen-bond donors (Lipinski definition) is 0. The van der Waals surface area contributed by atoms with Crippen LogP contribution in [0.2, 0.25) is 0 Å². The van der Waals surface area contributed by atoms with Gasteiger partial charge in [-0.05, 0) is 37.1 Å². The Balaban J connectivity index is 1.47. The molecule has 3 aromatic rings. The third-order valence-electron chi connectivity index (χ3n) is 5.93. The molecular formula is C24H20F3N5O. The number of alkyl halides is 3. The standard InChI is InChI=1S/C24H20F3N5O/c25-24(26,27)17-5-6-18(30-14-17)13-23(15-28)8-11-32(12-9-23)22(33)20-4-2-1-3-19(20)21-7-10-29-16-31-21/h1-7,10,14,16H,8-9,11-13H2. The van der Waals surface area contributed by atoms with Crippen molar-refractivity contribution < 1.29 is 18.0 Å². The van der Waals surface area contributed by atoms with E-state index in [0.29, 0.717) is 48.4 Å². The highest BCUT2D eigenvalue weighted by Gasteiger charge is 2.38. The van der Waals surface area contributed by atoms with E-state index in [1.165, 1.54) is 12.4 Å². The molecule has 1 amide bonds. The van der Waals surface area contributed by atoms with Crippen molar-refractivity contribution in [1.29, 1.82) is 5.26 Å². The van der Waals surface area contributed by atoms with Gasteiger partial charge in [0.05, 0.1) is 22.7 Å². The first-order valence-electron chi connectivity index (χ1n) is 10.4. The third-order valence-corrected chi connectivity index (χ3v) is 5.93. The molecule has 0 spiro atoms. The second-order valence-electron chi connectivity index (χ2n) is 8.04. The van der Waals surface area contributed by atoms with Gasteiger partial charge in [-0.15, -0.1) is 0 Å². The molecule has 0 unspecified atom stereocenters. The molecule has 33 heavy (non-hydrogen) atoms. The summed E-state index contributed by atoms with van der Waals surface area (Å²) in [5, 5.41) is 9.85. The molecule has 168 valence electrons. The fraction of sp³-hybridized carbons (Fsp3) is 0.292. The number of benzene rings is 1. The lowest BCUT2D eigenvalue weighted by Gasteiger charge is -2.37. The van der Waals surface area contributed by atoms with Gasteiger partial charge in [-0.2, -0.15) is 18.4 Å². The fourth-order valence-electron chi connectivity index (χ4n) is 4.02. The highest BCUT2D eigenvalue weighted by atomic mass is 19.4. The Morgan fingerprint density at radius 3 is 2.45 bits per heavy atom. The maximum atomic E-state index is 13.3. The van der Waals surface area contributed by atoms with Crippen molar-refractivity contribution in [3.8, 4) is 17.3 Å². The zero-order chi connectivity index (χ0) is 23.5. The van der Waals surface area contributed by atoms with Gasteiger partial charge in [0, 0.05) is 48.7 Å². The zero-order valence-corrected chi connectivity index (χ0v) is 17.6. The second-order valence-corrected chi connectivity index (χ2v) is 8.04. The minimum Gasteiger partial charge on any atom is -0.339 e. The number of carbonyl (C=O) groups excluding carboxylic acids is 1. The van der Waals surface area contributed by atoms with Crippen LogP contribution in [0.15, 0.2) is 61.2 Å². The number of nitriles is 1. The molecular weight excluding hydrogens is 431 g/mol. The smallest absolute Gasteiger partial charge is 0.339 e. The summed E-state index contributed by atoms with van der Waals surface area (Å²) in [5.74, 6) is -0.150. The van der Waals surface area contributed by atoms with E-state index in [4.69, 9.17) is 0 Å².